The maximum Gasteiger partial charge on any atom is 0.274 e. The van der Waals surface area contributed by atoms with E-state index in [1.165, 1.54) is 6.07 Å². The van der Waals surface area contributed by atoms with Crippen LogP contribution in [0, 0.1) is 21.4 Å². The summed E-state index contributed by atoms with van der Waals surface area (Å²) < 4.78 is 0. The number of pyridine rings is 1. The zero-order valence-corrected chi connectivity index (χ0v) is 7.15. The Kier molecular flexibility index (Phi) is 2.77. The van der Waals surface area contributed by atoms with E-state index in [2.05, 4.69) is 4.98 Å². The molecule has 0 radical (unpaired) electrons. The minimum Gasteiger partial charge on any atom is -0.258 e. The van der Waals surface area contributed by atoms with Gasteiger partial charge >= 0.3 is 0 Å². The highest BCUT2D eigenvalue weighted by Gasteiger charge is 2.09. The van der Waals surface area contributed by atoms with E-state index >= 15 is 0 Å². The third-order valence-electron chi connectivity index (χ3n) is 1.33. The van der Waals surface area contributed by atoms with Crippen LogP contribution in [-0.4, -0.2) is 9.91 Å². The number of rotatable bonds is 2. The average molecular weight is 198 g/mol. The number of hydrogen-bond acceptors (Lipinski definition) is 4. The van der Waals surface area contributed by atoms with Crippen LogP contribution in [0.4, 0.5) is 5.69 Å². The van der Waals surface area contributed by atoms with Gasteiger partial charge in [-0.3, -0.25) is 10.1 Å². The number of hydrogen-bond donors (Lipinski definition) is 0. The molecule has 0 spiro atoms. The zero-order chi connectivity index (χ0) is 9.84. The summed E-state index contributed by atoms with van der Waals surface area (Å²) in [5, 5.41) is 18.8. The first-order chi connectivity index (χ1) is 6.17. The first-order valence-corrected chi connectivity index (χ1v) is 3.82. The van der Waals surface area contributed by atoms with Gasteiger partial charge in [0.15, 0.2) is 0 Å². The molecule has 0 N–H and O–H groups in total. The number of alkyl halides is 1. The van der Waals surface area contributed by atoms with Gasteiger partial charge in [-0.15, -0.1) is 11.6 Å². The molecule has 0 bridgehead atoms. The van der Waals surface area contributed by atoms with Crippen LogP contribution < -0.4 is 0 Å². The van der Waals surface area contributed by atoms with Crippen LogP contribution in [0.15, 0.2) is 12.1 Å². The smallest absolute Gasteiger partial charge is 0.258 e. The monoisotopic (exact) mass is 197 g/mol. The van der Waals surface area contributed by atoms with Gasteiger partial charge in [0.25, 0.3) is 5.69 Å². The molecule has 66 valence electrons. The number of aromatic nitrogens is 1. The maximum absolute atomic E-state index is 10.4. The second-order valence-corrected chi connectivity index (χ2v) is 2.47. The van der Waals surface area contributed by atoms with Crippen molar-refractivity contribution in [1.29, 1.82) is 5.26 Å². The van der Waals surface area contributed by atoms with Gasteiger partial charge in [-0.2, -0.15) is 5.26 Å². The molecule has 0 fully saturated rings. The van der Waals surface area contributed by atoms with Crippen molar-refractivity contribution in [2.75, 3.05) is 0 Å². The predicted octanol–water partition coefficient (Wildman–Crippen LogP) is 1.60. The van der Waals surface area contributed by atoms with Gasteiger partial charge in [0.2, 0.25) is 0 Å². The van der Waals surface area contributed by atoms with E-state index < -0.39 is 4.92 Å². The lowest BCUT2D eigenvalue weighted by atomic mass is 10.3. The quantitative estimate of drug-likeness (QED) is 0.410. The summed E-state index contributed by atoms with van der Waals surface area (Å²) in [6.45, 7) is 0. The normalized spacial score (nSPS) is 9.23. The second-order valence-electron chi connectivity index (χ2n) is 2.20. The molecule has 0 saturated carbocycles. The Bertz CT molecular complexity index is 386. The fraction of sp³-hybridized carbons (Fsp3) is 0.143. The van der Waals surface area contributed by atoms with Crippen LogP contribution in [-0.2, 0) is 5.88 Å². The van der Waals surface area contributed by atoms with Crippen LogP contribution in [0.5, 0.6) is 0 Å². The van der Waals surface area contributed by atoms with Crippen LogP contribution in [0.2, 0.25) is 0 Å². The fourth-order valence-corrected chi connectivity index (χ4v) is 0.940. The topological polar surface area (TPSA) is 79.8 Å². The van der Waals surface area contributed by atoms with Crippen molar-refractivity contribution in [3.8, 4) is 6.07 Å². The average Bonchev–Trinajstić information content (AvgIpc) is 2.16. The number of nitriles is 1. The lowest BCUT2D eigenvalue weighted by Crippen LogP contribution is -1.95. The summed E-state index contributed by atoms with van der Waals surface area (Å²) in [6.07, 6.45) is 0. The number of nitro groups is 1. The van der Waals surface area contributed by atoms with Crippen molar-refractivity contribution in [2.45, 2.75) is 5.88 Å². The van der Waals surface area contributed by atoms with Gasteiger partial charge in [-0.05, 0) is 0 Å². The fourth-order valence-electron chi connectivity index (χ4n) is 0.803. The van der Waals surface area contributed by atoms with E-state index in [-0.39, 0.29) is 17.3 Å². The van der Waals surface area contributed by atoms with E-state index in [0.29, 0.717) is 5.69 Å². The van der Waals surface area contributed by atoms with Crippen molar-refractivity contribution in [1.82, 2.24) is 4.98 Å². The third kappa shape index (κ3) is 2.13. The molecular weight excluding hydrogens is 194 g/mol. The van der Waals surface area contributed by atoms with E-state index in [4.69, 9.17) is 16.9 Å². The van der Waals surface area contributed by atoms with Gasteiger partial charge in [-0.1, -0.05) is 0 Å². The van der Waals surface area contributed by atoms with Gasteiger partial charge in [-0.25, -0.2) is 4.98 Å². The minimum atomic E-state index is -0.585. The van der Waals surface area contributed by atoms with Gasteiger partial charge in [0.1, 0.15) is 11.8 Å². The molecule has 0 aliphatic rings. The van der Waals surface area contributed by atoms with Gasteiger partial charge in [0, 0.05) is 6.07 Å². The lowest BCUT2D eigenvalue weighted by Gasteiger charge is -1.95. The molecule has 0 aliphatic heterocycles. The molecule has 0 aliphatic carbocycles. The van der Waals surface area contributed by atoms with Gasteiger partial charge in [0.05, 0.1) is 22.6 Å². The molecule has 0 unspecified atom stereocenters. The Morgan fingerprint density at radius 2 is 2.38 bits per heavy atom. The van der Waals surface area contributed by atoms with Crippen LogP contribution in [0.3, 0.4) is 0 Å². The predicted molar refractivity (Wildman–Crippen MR) is 45.2 cm³/mol. The number of halogens is 1. The highest BCUT2D eigenvalue weighted by atomic mass is 35.5. The molecule has 0 saturated heterocycles. The SMILES string of the molecule is N#Cc1cc([N+](=O)[O-])cc(CCl)n1. The van der Waals surface area contributed by atoms with Crippen LogP contribution in [0.1, 0.15) is 11.4 Å². The molecule has 0 atom stereocenters. The zero-order valence-electron chi connectivity index (χ0n) is 6.40. The summed E-state index contributed by atoms with van der Waals surface area (Å²) in [5.74, 6) is 0.0519. The van der Waals surface area contributed by atoms with Crippen molar-refractivity contribution in [3.05, 3.63) is 33.6 Å². The molecule has 6 heteroatoms. The first kappa shape index (κ1) is 9.42. The standard InChI is InChI=1S/C7H4ClN3O2/c8-3-5-1-7(11(12)13)2-6(4-9)10-5/h1-2H,3H2. The highest BCUT2D eigenvalue weighted by molar-refractivity contribution is 6.16. The van der Waals surface area contributed by atoms with Crippen LogP contribution >= 0.6 is 11.6 Å². The Morgan fingerprint density at radius 1 is 1.69 bits per heavy atom. The molecule has 1 rings (SSSR count). The molecule has 5 nitrogen and oxygen atoms in total. The summed E-state index contributed by atoms with van der Waals surface area (Å²) in [5.41, 5.74) is 0.166. The Balaban J connectivity index is 3.24. The van der Waals surface area contributed by atoms with E-state index in [9.17, 15) is 10.1 Å². The van der Waals surface area contributed by atoms with Crippen molar-refractivity contribution >= 4 is 17.3 Å². The molecule has 1 aromatic rings. The second kappa shape index (κ2) is 3.83. The number of nitrogens with zero attached hydrogens (tertiary/aromatic N) is 3. The van der Waals surface area contributed by atoms with Gasteiger partial charge < -0.3 is 0 Å². The first-order valence-electron chi connectivity index (χ1n) is 3.29. The van der Waals surface area contributed by atoms with E-state index in [0.717, 1.165) is 6.07 Å². The minimum absolute atomic E-state index is 0.00449. The molecular formula is C7H4ClN3O2. The third-order valence-corrected chi connectivity index (χ3v) is 1.60. The van der Waals surface area contributed by atoms with Crippen molar-refractivity contribution in [2.24, 2.45) is 0 Å². The Morgan fingerprint density at radius 3 is 2.85 bits per heavy atom. The molecule has 1 aromatic heterocycles. The van der Waals surface area contributed by atoms with Crippen LogP contribution in [0.25, 0.3) is 0 Å². The molecule has 13 heavy (non-hydrogen) atoms. The van der Waals surface area contributed by atoms with Crippen molar-refractivity contribution < 1.29 is 4.92 Å². The highest BCUT2D eigenvalue weighted by Crippen LogP contribution is 2.14. The van der Waals surface area contributed by atoms with Crippen molar-refractivity contribution in [3.63, 3.8) is 0 Å². The van der Waals surface area contributed by atoms with E-state index in [1.54, 1.807) is 6.07 Å². The Labute approximate surface area is 78.7 Å². The summed E-state index contributed by atoms with van der Waals surface area (Å²) >= 11 is 5.44. The largest absolute Gasteiger partial charge is 0.274 e. The Hall–Kier alpha value is -1.67. The summed E-state index contributed by atoms with van der Waals surface area (Å²) in [6, 6.07) is 4.07. The maximum atomic E-state index is 10.4. The molecule has 0 aromatic carbocycles. The van der Waals surface area contributed by atoms with E-state index in [1.807, 2.05) is 0 Å². The molecule has 1 heterocycles. The summed E-state index contributed by atoms with van der Waals surface area (Å²) in [4.78, 5) is 13.5. The molecule has 0 amide bonds. The lowest BCUT2D eigenvalue weighted by molar-refractivity contribution is -0.385. The summed E-state index contributed by atoms with van der Waals surface area (Å²) in [7, 11) is 0.